The minimum atomic E-state index is -0.398. The molecule has 24 heavy (non-hydrogen) atoms. The van der Waals surface area contributed by atoms with Gasteiger partial charge in [0.2, 0.25) is 5.13 Å². The molecule has 0 aliphatic heterocycles. The number of halogens is 1. The van der Waals surface area contributed by atoms with Crippen molar-refractivity contribution in [3.63, 3.8) is 0 Å². The first-order valence-electron chi connectivity index (χ1n) is 6.97. The van der Waals surface area contributed by atoms with Crippen LogP contribution in [0.25, 0.3) is 10.6 Å². The molecular formula is C16H13IN4O2S. The quantitative estimate of drug-likeness (QED) is 0.574. The Morgan fingerprint density at radius 2 is 1.83 bits per heavy atom. The fourth-order valence-electron chi connectivity index (χ4n) is 2.02. The SMILES string of the molecule is COc1ccccc1NC(=O)Nc1nnc(-c2ccccc2I)s1. The predicted molar refractivity (Wildman–Crippen MR) is 104 cm³/mol. The van der Waals surface area contributed by atoms with E-state index in [1.807, 2.05) is 36.4 Å². The van der Waals surface area contributed by atoms with E-state index in [0.717, 1.165) is 14.1 Å². The first-order valence-corrected chi connectivity index (χ1v) is 8.86. The largest absolute Gasteiger partial charge is 0.495 e. The number of rotatable bonds is 4. The molecule has 3 rings (SSSR count). The smallest absolute Gasteiger partial charge is 0.325 e. The summed E-state index contributed by atoms with van der Waals surface area (Å²) in [4.78, 5) is 12.1. The van der Waals surface area contributed by atoms with Crippen LogP contribution < -0.4 is 15.4 Å². The van der Waals surface area contributed by atoms with Crippen molar-refractivity contribution in [3.8, 4) is 16.3 Å². The lowest BCUT2D eigenvalue weighted by molar-refractivity contribution is 0.262. The van der Waals surface area contributed by atoms with Gasteiger partial charge >= 0.3 is 6.03 Å². The standard InChI is InChI=1S/C16H13IN4O2S/c1-23-13-9-5-4-8-12(13)18-15(22)19-16-21-20-14(24-16)10-6-2-3-7-11(10)17/h2-9H,1H3,(H2,18,19,21,22). The van der Waals surface area contributed by atoms with Crippen LogP contribution in [-0.2, 0) is 0 Å². The van der Waals surface area contributed by atoms with Gasteiger partial charge in [-0.3, -0.25) is 5.32 Å². The van der Waals surface area contributed by atoms with Gasteiger partial charge in [0.1, 0.15) is 5.75 Å². The molecule has 0 saturated heterocycles. The van der Waals surface area contributed by atoms with Crippen LogP contribution in [0.15, 0.2) is 48.5 Å². The Morgan fingerprint density at radius 1 is 1.08 bits per heavy atom. The molecule has 2 N–H and O–H groups in total. The van der Waals surface area contributed by atoms with Gasteiger partial charge in [0.05, 0.1) is 12.8 Å². The molecule has 3 aromatic rings. The number of nitrogens with zero attached hydrogens (tertiary/aromatic N) is 2. The molecule has 0 aliphatic carbocycles. The molecule has 1 heterocycles. The third kappa shape index (κ3) is 3.82. The van der Waals surface area contributed by atoms with Crippen LogP contribution in [0.2, 0.25) is 0 Å². The second-order valence-electron chi connectivity index (χ2n) is 4.67. The number of hydrogen-bond acceptors (Lipinski definition) is 5. The maximum Gasteiger partial charge on any atom is 0.325 e. The topological polar surface area (TPSA) is 76.1 Å². The molecule has 0 unspecified atom stereocenters. The Morgan fingerprint density at radius 3 is 2.62 bits per heavy atom. The zero-order valence-electron chi connectivity index (χ0n) is 12.6. The van der Waals surface area contributed by atoms with E-state index in [9.17, 15) is 4.79 Å². The average molecular weight is 452 g/mol. The fraction of sp³-hybridized carbons (Fsp3) is 0.0625. The summed E-state index contributed by atoms with van der Waals surface area (Å²) >= 11 is 3.57. The highest BCUT2D eigenvalue weighted by molar-refractivity contribution is 14.1. The van der Waals surface area contributed by atoms with E-state index in [2.05, 4.69) is 43.4 Å². The van der Waals surface area contributed by atoms with Gasteiger partial charge in [-0.15, -0.1) is 10.2 Å². The monoisotopic (exact) mass is 452 g/mol. The molecule has 8 heteroatoms. The van der Waals surface area contributed by atoms with Crippen molar-refractivity contribution in [3.05, 3.63) is 52.1 Å². The Hall–Kier alpha value is -2.20. The summed E-state index contributed by atoms with van der Waals surface area (Å²) in [6.07, 6.45) is 0. The first kappa shape index (κ1) is 16.7. The number of aromatic nitrogens is 2. The highest BCUT2D eigenvalue weighted by Gasteiger charge is 2.12. The first-order chi connectivity index (χ1) is 11.7. The van der Waals surface area contributed by atoms with Gasteiger partial charge in [0.25, 0.3) is 0 Å². The van der Waals surface area contributed by atoms with Crippen LogP contribution in [0.1, 0.15) is 0 Å². The van der Waals surface area contributed by atoms with E-state index >= 15 is 0 Å². The summed E-state index contributed by atoms with van der Waals surface area (Å²) in [5.41, 5.74) is 1.58. The molecule has 0 bridgehead atoms. The number of amides is 2. The summed E-state index contributed by atoms with van der Waals surface area (Å²) < 4.78 is 6.28. The van der Waals surface area contributed by atoms with Gasteiger partial charge < -0.3 is 10.1 Å². The van der Waals surface area contributed by atoms with Crippen LogP contribution in [-0.4, -0.2) is 23.3 Å². The number of urea groups is 1. The van der Waals surface area contributed by atoms with E-state index < -0.39 is 6.03 Å². The van der Waals surface area contributed by atoms with Gasteiger partial charge in [0.15, 0.2) is 5.01 Å². The number of carbonyl (C=O) groups excluding carboxylic acids is 1. The third-order valence-corrected chi connectivity index (χ3v) is 4.92. The van der Waals surface area contributed by atoms with Gasteiger partial charge in [-0.1, -0.05) is 41.7 Å². The number of methoxy groups -OCH3 is 1. The van der Waals surface area contributed by atoms with Crippen LogP contribution in [0.4, 0.5) is 15.6 Å². The maximum absolute atomic E-state index is 12.1. The molecule has 1 aromatic heterocycles. The molecule has 6 nitrogen and oxygen atoms in total. The molecular weight excluding hydrogens is 439 g/mol. The summed E-state index contributed by atoms with van der Waals surface area (Å²) in [6.45, 7) is 0. The maximum atomic E-state index is 12.1. The van der Waals surface area contributed by atoms with Crippen molar-refractivity contribution in [2.24, 2.45) is 0 Å². The molecule has 0 atom stereocenters. The number of nitrogens with one attached hydrogen (secondary N) is 2. The molecule has 2 aromatic carbocycles. The van der Waals surface area contributed by atoms with Crippen LogP contribution >= 0.6 is 33.9 Å². The second-order valence-corrected chi connectivity index (χ2v) is 6.81. The number of ether oxygens (including phenoxy) is 1. The zero-order chi connectivity index (χ0) is 16.9. The second kappa shape index (κ2) is 7.58. The highest BCUT2D eigenvalue weighted by atomic mass is 127. The number of para-hydroxylation sites is 2. The van der Waals surface area contributed by atoms with Crippen molar-refractivity contribution >= 4 is 50.8 Å². The van der Waals surface area contributed by atoms with Gasteiger partial charge in [-0.25, -0.2) is 4.79 Å². The van der Waals surface area contributed by atoms with Crippen LogP contribution in [0, 0.1) is 3.57 Å². The van der Waals surface area contributed by atoms with Crippen molar-refractivity contribution in [1.82, 2.24) is 10.2 Å². The summed E-state index contributed by atoms with van der Waals surface area (Å²) in [5, 5.41) is 14.8. The van der Waals surface area contributed by atoms with E-state index in [1.165, 1.54) is 11.3 Å². The molecule has 0 spiro atoms. The Kier molecular flexibility index (Phi) is 5.26. The summed E-state index contributed by atoms with van der Waals surface area (Å²) in [5.74, 6) is 0.587. The summed E-state index contributed by atoms with van der Waals surface area (Å²) in [7, 11) is 1.55. The number of benzene rings is 2. The molecule has 2 amide bonds. The number of anilines is 2. The molecule has 0 fully saturated rings. The third-order valence-electron chi connectivity index (χ3n) is 3.10. The normalized spacial score (nSPS) is 10.2. The van der Waals surface area contributed by atoms with Crippen molar-refractivity contribution < 1.29 is 9.53 Å². The lowest BCUT2D eigenvalue weighted by atomic mass is 10.2. The van der Waals surface area contributed by atoms with Crippen molar-refractivity contribution in [1.29, 1.82) is 0 Å². The fourth-order valence-corrected chi connectivity index (χ4v) is 3.62. The van der Waals surface area contributed by atoms with E-state index in [1.54, 1.807) is 19.2 Å². The van der Waals surface area contributed by atoms with E-state index in [0.29, 0.717) is 16.6 Å². The van der Waals surface area contributed by atoms with Crippen LogP contribution in [0.3, 0.4) is 0 Å². The van der Waals surface area contributed by atoms with Crippen molar-refractivity contribution in [2.75, 3.05) is 17.7 Å². The van der Waals surface area contributed by atoms with Crippen LogP contribution in [0.5, 0.6) is 5.75 Å². The minimum Gasteiger partial charge on any atom is -0.495 e. The minimum absolute atomic E-state index is 0.398. The van der Waals surface area contributed by atoms with Gasteiger partial charge in [-0.2, -0.15) is 0 Å². The number of hydrogen-bond donors (Lipinski definition) is 2. The van der Waals surface area contributed by atoms with E-state index in [-0.39, 0.29) is 0 Å². The van der Waals surface area contributed by atoms with Crippen molar-refractivity contribution in [2.45, 2.75) is 0 Å². The highest BCUT2D eigenvalue weighted by Crippen LogP contribution is 2.30. The molecule has 0 aliphatic rings. The van der Waals surface area contributed by atoms with Gasteiger partial charge in [0, 0.05) is 9.13 Å². The lowest BCUT2D eigenvalue weighted by Crippen LogP contribution is -2.19. The van der Waals surface area contributed by atoms with Gasteiger partial charge in [-0.05, 0) is 40.8 Å². The zero-order valence-corrected chi connectivity index (χ0v) is 15.6. The number of carbonyl (C=O) groups is 1. The summed E-state index contributed by atoms with van der Waals surface area (Å²) in [6, 6.07) is 14.7. The molecule has 0 radical (unpaired) electrons. The Balaban J connectivity index is 1.71. The molecule has 122 valence electrons. The van der Waals surface area contributed by atoms with E-state index in [4.69, 9.17) is 4.74 Å². The molecule has 0 saturated carbocycles. The Bertz CT molecular complexity index is 869. The Labute approximate surface area is 156 Å². The average Bonchev–Trinajstić information content (AvgIpc) is 3.04. The predicted octanol–water partition coefficient (Wildman–Crippen LogP) is 4.46. The lowest BCUT2D eigenvalue weighted by Gasteiger charge is -2.09.